The van der Waals surface area contributed by atoms with Crippen molar-refractivity contribution in [1.29, 1.82) is 0 Å². The van der Waals surface area contributed by atoms with Crippen LogP contribution >= 0.6 is 0 Å². The molecule has 0 spiro atoms. The van der Waals surface area contributed by atoms with Crippen molar-refractivity contribution >= 4 is 23.2 Å². The van der Waals surface area contributed by atoms with Crippen LogP contribution in [-0.2, 0) is 27.3 Å². The predicted octanol–water partition coefficient (Wildman–Crippen LogP) is 0.950. The first-order valence-electron chi connectivity index (χ1n) is 12.7. The van der Waals surface area contributed by atoms with E-state index in [1.54, 1.807) is 14.1 Å². The van der Waals surface area contributed by atoms with Crippen LogP contribution in [0.1, 0.15) is 42.4 Å². The normalized spacial score (nSPS) is 30.3. The van der Waals surface area contributed by atoms with Gasteiger partial charge in [0.2, 0.25) is 5.78 Å². The lowest BCUT2D eigenvalue weighted by Gasteiger charge is -2.50. The zero-order valence-corrected chi connectivity index (χ0v) is 21.0. The number of carbonyl (C=O) groups is 3. The molecule has 1 amide bonds. The average Bonchev–Trinajstić information content (AvgIpc) is 2.83. The van der Waals surface area contributed by atoms with Crippen molar-refractivity contribution in [2.24, 2.45) is 17.6 Å². The number of rotatable bonds is 4. The fraction of sp³-hybridized carbons (Fsp3) is 0.519. The van der Waals surface area contributed by atoms with Gasteiger partial charge in [0.05, 0.1) is 11.6 Å². The molecule has 4 atom stereocenters. The molecule has 3 aliphatic carbocycles. The molecule has 2 fully saturated rings. The lowest BCUT2D eigenvalue weighted by Crippen LogP contribution is -2.65. The van der Waals surface area contributed by atoms with Gasteiger partial charge >= 0.3 is 0 Å². The van der Waals surface area contributed by atoms with Crippen LogP contribution in [0.2, 0.25) is 0 Å². The van der Waals surface area contributed by atoms with Crippen LogP contribution in [0.4, 0.5) is 0 Å². The molecule has 6 N–H and O–H groups in total. The van der Waals surface area contributed by atoms with Gasteiger partial charge in [0.15, 0.2) is 11.4 Å². The summed E-state index contributed by atoms with van der Waals surface area (Å²) in [6, 6.07) is 2.24. The molecule has 198 valence electrons. The Morgan fingerprint density at radius 3 is 2.43 bits per heavy atom. The van der Waals surface area contributed by atoms with Crippen molar-refractivity contribution in [3.8, 4) is 5.75 Å². The highest BCUT2D eigenvalue weighted by atomic mass is 16.3. The number of likely N-dealkylation sites (N-methyl/N-ethyl adjacent to an activating group) is 1. The Morgan fingerprint density at radius 1 is 1.14 bits per heavy atom. The number of benzene rings is 1. The van der Waals surface area contributed by atoms with E-state index < -0.39 is 58.0 Å². The highest BCUT2D eigenvalue weighted by molar-refractivity contribution is 6.24. The van der Waals surface area contributed by atoms with Gasteiger partial charge in [-0.3, -0.25) is 24.2 Å². The number of aliphatic hydroxyl groups is 3. The van der Waals surface area contributed by atoms with Crippen molar-refractivity contribution in [1.82, 2.24) is 9.80 Å². The molecule has 4 aliphatic rings. The summed E-state index contributed by atoms with van der Waals surface area (Å²) in [4.78, 5) is 42.9. The molecule has 1 saturated heterocycles. The molecule has 5 rings (SSSR count). The van der Waals surface area contributed by atoms with Crippen LogP contribution in [0.3, 0.4) is 0 Å². The summed E-state index contributed by atoms with van der Waals surface area (Å²) in [5.41, 5.74) is 3.61. The maximum atomic E-state index is 13.9. The lowest BCUT2D eigenvalue weighted by atomic mass is 9.57. The summed E-state index contributed by atoms with van der Waals surface area (Å²) in [6.07, 6.45) is 3.81. The minimum Gasteiger partial charge on any atom is -0.508 e. The number of carbonyl (C=O) groups excluding carboxylic acids is 3. The quantitative estimate of drug-likeness (QED) is 0.370. The van der Waals surface area contributed by atoms with Gasteiger partial charge in [-0.05, 0) is 76.0 Å². The van der Waals surface area contributed by atoms with Gasteiger partial charge in [-0.2, -0.15) is 0 Å². The van der Waals surface area contributed by atoms with Crippen LogP contribution in [0.15, 0.2) is 29.0 Å². The summed E-state index contributed by atoms with van der Waals surface area (Å²) in [6.45, 7) is 2.56. The van der Waals surface area contributed by atoms with Crippen LogP contribution in [0.5, 0.6) is 5.75 Å². The molecule has 1 aromatic rings. The number of Topliss-reactive ketones (excluding diaryl/α,β-unsaturated/α-hetero) is 2. The SMILES string of the molecule is CN(C)[C@@H]1C(=O)C(C(N)=O)=C(O)[C@@]2(O)C(=O)C3=C(O)c4c(O)ccc(CN5CCCCC5)c4C[C@H]3C[C@@H]12. The Morgan fingerprint density at radius 2 is 1.81 bits per heavy atom. The molecular formula is C27H33N3O7. The molecule has 1 aromatic carbocycles. The summed E-state index contributed by atoms with van der Waals surface area (Å²) in [5, 5.41) is 44.6. The first kappa shape index (κ1) is 25.4. The molecule has 0 bridgehead atoms. The fourth-order valence-electron chi connectivity index (χ4n) is 6.81. The third-order valence-electron chi connectivity index (χ3n) is 8.54. The van der Waals surface area contributed by atoms with E-state index in [9.17, 15) is 34.8 Å². The number of phenolic OH excluding ortho intramolecular Hbond substituents is 1. The minimum absolute atomic E-state index is 0.0879. The number of phenols is 1. The largest absolute Gasteiger partial charge is 0.508 e. The van der Waals surface area contributed by atoms with Gasteiger partial charge in [0, 0.05) is 18.0 Å². The Bertz CT molecular complexity index is 1260. The van der Waals surface area contributed by atoms with Crippen LogP contribution in [-0.4, -0.2) is 86.5 Å². The van der Waals surface area contributed by atoms with E-state index in [-0.39, 0.29) is 23.3 Å². The number of aliphatic hydroxyl groups excluding tert-OH is 2. The molecule has 0 radical (unpaired) electrons. The van der Waals surface area contributed by atoms with Gasteiger partial charge in [0.25, 0.3) is 5.91 Å². The summed E-state index contributed by atoms with van der Waals surface area (Å²) >= 11 is 0. The lowest BCUT2D eigenvalue weighted by molar-refractivity contribution is -0.153. The molecule has 1 saturated carbocycles. The third kappa shape index (κ3) is 3.69. The molecule has 1 heterocycles. The van der Waals surface area contributed by atoms with Crippen molar-refractivity contribution in [3.63, 3.8) is 0 Å². The number of likely N-dealkylation sites (tertiary alicyclic amines) is 1. The third-order valence-corrected chi connectivity index (χ3v) is 8.54. The highest BCUT2D eigenvalue weighted by Crippen LogP contribution is 2.53. The number of piperidine rings is 1. The smallest absolute Gasteiger partial charge is 0.255 e. The van der Waals surface area contributed by atoms with Crippen LogP contribution in [0, 0.1) is 11.8 Å². The number of ketones is 2. The number of aromatic hydroxyl groups is 1. The van der Waals surface area contributed by atoms with E-state index in [1.165, 1.54) is 17.4 Å². The van der Waals surface area contributed by atoms with Gasteiger partial charge in [0.1, 0.15) is 22.8 Å². The summed E-state index contributed by atoms with van der Waals surface area (Å²) in [7, 11) is 3.17. The maximum absolute atomic E-state index is 13.9. The molecule has 0 unspecified atom stereocenters. The molecule has 37 heavy (non-hydrogen) atoms. The minimum atomic E-state index is -2.62. The number of fused-ring (bicyclic) bond motifs is 3. The first-order valence-corrected chi connectivity index (χ1v) is 12.7. The maximum Gasteiger partial charge on any atom is 0.255 e. The summed E-state index contributed by atoms with van der Waals surface area (Å²) in [5.74, 6) is -6.35. The Labute approximate surface area is 214 Å². The van der Waals surface area contributed by atoms with Crippen molar-refractivity contribution in [2.45, 2.75) is 50.3 Å². The van der Waals surface area contributed by atoms with Gasteiger partial charge < -0.3 is 26.2 Å². The van der Waals surface area contributed by atoms with Crippen LogP contribution < -0.4 is 5.73 Å². The molecule has 10 nitrogen and oxygen atoms in total. The predicted molar refractivity (Wildman–Crippen MR) is 133 cm³/mol. The standard InChI is InChI=1S/C27H33N3O7/c1-29(2)21-16-11-14-10-15-13(12-30-8-4-3-5-9-30)6-7-17(31)19(15)22(32)18(14)24(34)27(16,37)25(35)20(23(21)33)26(28)36/h6-7,14,16,21,31-32,35,37H,3-5,8-12H2,1-2H3,(H2,28,36)/t14-,16-,21-,27-/m0/s1. The Kier molecular flexibility index (Phi) is 6.17. The monoisotopic (exact) mass is 511 g/mol. The molecular weight excluding hydrogens is 478 g/mol. The average molecular weight is 512 g/mol. The number of primary amides is 1. The number of nitrogens with zero attached hydrogens (tertiary/aromatic N) is 2. The van der Waals surface area contributed by atoms with E-state index in [4.69, 9.17) is 5.73 Å². The van der Waals surface area contributed by atoms with Gasteiger partial charge in [-0.25, -0.2) is 0 Å². The number of hydrogen-bond donors (Lipinski definition) is 5. The zero-order valence-electron chi connectivity index (χ0n) is 21.0. The van der Waals surface area contributed by atoms with Gasteiger partial charge in [-0.1, -0.05) is 12.5 Å². The van der Waals surface area contributed by atoms with E-state index in [0.29, 0.717) is 13.0 Å². The fourth-order valence-corrected chi connectivity index (χ4v) is 6.81. The van der Waals surface area contributed by atoms with Crippen molar-refractivity contribution < 1.29 is 34.8 Å². The zero-order chi connectivity index (χ0) is 26.8. The van der Waals surface area contributed by atoms with Crippen molar-refractivity contribution in [2.75, 3.05) is 27.2 Å². The van der Waals surface area contributed by atoms with E-state index >= 15 is 0 Å². The highest BCUT2D eigenvalue weighted by Gasteiger charge is 2.64. The molecule has 1 aliphatic heterocycles. The van der Waals surface area contributed by atoms with Gasteiger partial charge in [-0.15, -0.1) is 0 Å². The summed E-state index contributed by atoms with van der Waals surface area (Å²) < 4.78 is 0. The molecule has 0 aromatic heterocycles. The van der Waals surface area contributed by atoms with Crippen LogP contribution in [0.25, 0.3) is 5.76 Å². The number of hydrogen-bond acceptors (Lipinski definition) is 9. The first-order chi connectivity index (χ1) is 17.5. The molecule has 10 heteroatoms. The van der Waals surface area contributed by atoms with E-state index in [1.807, 2.05) is 6.07 Å². The Balaban J connectivity index is 1.65. The Hall–Kier alpha value is -3.21. The second kappa shape index (κ2) is 8.97. The topological polar surface area (TPSA) is 165 Å². The number of amides is 1. The van der Waals surface area contributed by atoms with E-state index in [2.05, 4.69) is 4.90 Å². The van der Waals surface area contributed by atoms with E-state index in [0.717, 1.165) is 37.1 Å². The second-order valence-corrected chi connectivity index (χ2v) is 10.9. The number of nitrogens with two attached hydrogens (primary N) is 1. The van der Waals surface area contributed by atoms with Crippen molar-refractivity contribution in [3.05, 3.63) is 45.7 Å². The second-order valence-electron chi connectivity index (χ2n) is 10.9.